The van der Waals surface area contributed by atoms with Crippen molar-refractivity contribution in [2.24, 2.45) is 4.99 Å². The Labute approximate surface area is 214 Å². The molecule has 0 saturated carbocycles. The molecule has 2 aliphatic rings. The summed E-state index contributed by atoms with van der Waals surface area (Å²) in [5.41, 5.74) is 1.17. The van der Waals surface area contributed by atoms with Crippen molar-refractivity contribution in [2.75, 3.05) is 45.2 Å². The quantitative estimate of drug-likeness (QED) is 0.488. The number of hydrogen-bond donors (Lipinski definition) is 2. The summed E-state index contributed by atoms with van der Waals surface area (Å²) in [6.45, 7) is 7.50. The lowest BCUT2D eigenvalue weighted by Crippen LogP contribution is -2.48. The van der Waals surface area contributed by atoms with E-state index in [1.807, 2.05) is 30.5 Å². The summed E-state index contributed by atoms with van der Waals surface area (Å²) in [6.07, 6.45) is 2.65. The minimum atomic E-state index is -0.689. The summed E-state index contributed by atoms with van der Waals surface area (Å²) in [5, 5.41) is 14.8. The van der Waals surface area contributed by atoms with Crippen molar-refractivity contribution in [1.82, 2.24) is 19.4 Å². The van der Waals surface area contributed by atoms with E-state index in [1.165, 1.54) is 6.20 Å². The van der Waals surface area contributed by atoms with Crippen LogP contribution in [0.15, 0.2) is 41.7 Å². The third-order valence-corrected chi connectivity index (χ3v) is 6.41. The number of rotatable bonds is 7. The number of amides is 1. The van der Waals surface area contributed by atoms with Gasteiger partial charge < -0.3 is 24.6 Å². The molecule has 2 aliphatic heterocycles. The van der Waals surface area contributed by atoms with Gasteiger partial charge in [0.25, 0.3) is 5.91 Å². The lowest BCUT2D eigenvalue weighted by molar-refractivity contribution is -0.0787. The number of nitrogens with one attached hydrogen (secondary N) is 1. The van der Waals surface area contributed by atoms with Gasteiger partial charge >= 0.3 is 0 Å². The number of methoxy groups -OCH3 is 1. The number of ether oxygens (including phenoxy) is 3. The average Bonchev–Trinajstić information content (AvgIpc) is 3.38. The maximum atomic E-state index is 12.8. The Bertz CT molecular complexity index is 1330. The minimum Gasteiger partial charge on any atom is -0.491 e. The number of hydrogen-bond acceptors (Lipinski definition) is 9. The van der Waals surface area contributed by atoms with Gasteiger partial charge in [0.1, 0.15) is 24.0 Å². The van der Waals surface area contributed by atoms with Crippen molar-refractivity contribution in [2.45, 2.75) is 38.7 Å². The lowest BCUT2D eigenvalue weighted by Gasteiger charge is -2.36. The third kappa shape index (κ3) is 5.43. The molecule has 11 heteroatoms. The summed E-state index contributed by atoms with van der Waals surface area (Å²) >= 11 is 0. The maximum Gasteiger partial charge on any atom is 0.281 e. The van der Waals surface area contributed by atoms with Crippen LogP contribution in [-0.4, -0.2) is 88.7 Å². The molecule has 1 fully saturated rings. The van der Waals surface area contributed by atoms with Gasteiger partial charge in [0.2, 0.25) is 5.62 Å². The highest BCUT2D eigenvalue weighted by atomic mass is 16.5. The van der Waals surface area contributed by atoms with E-state index < -0.39 is 12.0 Å². The molecule has 2 aromatic heterocycles. The molecule has 11 nitrogen and oxygen atoms in total. The number of carbonyl (C=O) groups is 1. The third-order valence-electron chi connectivity index (χ3n) is 6.41. The summed E-state index contributed by atoms with van der Waals surface area (Å²) in [4.78, 5) is 28.0. The standard InChI is InChI=1S/C26H32N6O5/c1-16-12-31(13-17(2)37-16)14-19(33)15-36-21-7-6-20-22(23(21)35-3)29-26(32-10-9-28-24(20)32)30-25(34)18-5-4-8-27-11-18/h4-8,11,16-17,19,28,33H,9-10,12-15H2,1-3H3. The number of benzene rings is 1. The van der Waals surface area contributed by atoms with Crippen LogP contribution in [0.2, 0.25) is 0 Å². The number of aromatic nitrogens is 3. The fourth-order valence-electron chi connectivity index (χ4n) is 4.96. The summed E-state index contributed by atoms with van der Waals surface area (Å²) in [6, 6.07) is 7.07. The Hall–Kier alpha value is -3.54. The Morgan fingerprint density at radius 1 is 1.30 bits per heavy atom. The fourth-order valence-corrected chi connectivity index (χ4v) is 4.96. The van der Waals surface area contributed by atoms with Gasteiger partial charge in [-0.2, -0.15) is 4.99 Å². The van der Waals surface area contributed by atoms with Crippen LogP contribution in [-0.2, 0) is 11.3 Å². The second kappa shape index (κ2) is 10.8. The van der Waals surface area contributed by atoms with Crippen LogP contribution >= 0.6 is 0 Å². The number of aliphatic hydroxyl groups is 1. The first-order chi connectivity index (χ1) is 17.9. The van der Waals surface area contributed by atoms with Crippen LogP contribution in [0.25, 0.3) is 10.9 Å². The molecule has 5 rings (SSSR count). The maximum absolute atomic E-state index is 12.8. The van der Waals surface area contributed by atoms with Crippen LogP contribution in [0.3, 0.4) is 0 Å². The highest BCUT2D eigenvalue weighted by Crippen LogP contribution is 2.37. The number of nitrogens with zero attached hydrogens (tertiary/aromatic N) is 5. The van der Waals surface area contributed by atoms with Crippen molar-refractivity contribution < 1.29 is 24.1 Å². The first-order valence-corrected chi connectivity index (χ1v) is 12.5. The molecular weight excluding hydrogens is 476 g/mol. The number of β-amino-alcohol motifs (C(OH)–C–C–N with tert-alkyl or cyclic N) is 1. The molecule has 37 heavy (non-hydrogen) atoms. The SMILES string of the molecule is COc1c(OCC(O)CN2CC(C)OC(C)C2)ccc2c3n(c(=NC(=O)c4cccnc4)nc12)CCN3. The molecule has 4 heterocycles. The second-order valence-electron chi connectivity index (χ2n) is 9.43. The zero-order valence-electron chi connectivity index (χ0n) is 21.3. The zero-order chi connectivity index (χ0) is 25.9. The summed E-state index contributed by atoms with van der Waals surface area (Å²) < 4.78 is 19.4. The van der Waals surface area contributed by atoms with E-state index in [4.69, 9.17) is 19.2 Å². The molecule has 0 aliphatic carbocycles. The molecule has 1 saturated heterocycles. The molecule has 1 aromatic carbocycles. The number of carbonyl (C=O) groups excluding carboxylic acids is 1. The predicted molar refractivity (Wildman–Crippen MR) is 137 cm³/mol. The van der Waals surface area contributed by atoms with E-state index in [0.717, 1.165) is 24.3 Å². The van der Waals surface area contributed by atoms with E-state index in [2.05, 4.69) is 20.2 Å². The summed E-state index contributed by atoms with van der Waals surface area (Å²) in [7, 11) is 1.54. The molecule has 0 radical (unpaired) electrons. The Morgan fingerprint density at radius 3 is 2.84 bits per heavy atom. The zero-order valence-corrected chi connectivity index (χ0v) is 21.3. The molecule has 3 aromatic rings. The van der Waals surface area contributed by atoms with E-state index in [0.29, 0.717) is 42.2 Å². The van der Waals surface area contributed by atoms with E-state index in [-0.39, 0.29) is 24.4 Å². The molecule has 3 unspecified atom stereocenters. The molecule has 3 atom stereocenters. The highest BCUT2D eigenvalue weighted by Gasteiger charge is 2.25. The Kier molecular flexibility index (Phi) is 7.36. The van der Waals surface area contributed by atoms with Crippen molar-refractivity contribution in [1.29, 1.82) is 0 Å². The van der Waals surface area contributed by atoms with Gasteiger partial charge in [0.05, 0.1) is 24.9 Å². The number of morpholine rings is 1. The Balaban J connectivity index is 1.42. The molecule has 0 bridgehead atoms. The van der Waals surface area contributed by atoms with Gasteiger partial charge in [0, 0.05) is 50.5 Å². The van der Waals surface area contributed by atoms with Gasteiger partial charge in [-0.25, -0.2) is 4.98 Å². The van der Waals surface area contributed by atoms with Crippen LogP contribution in [0.1, 0.15) is 24.2 Å². The summed E-state index contributed by atoms with van der Waals surface area (Å²) in [5.74, 6) is 1.25. The van der Waals surface area contributed by atoms with E-state index in [1.54, 1.807) is 25.4 Å². The van der Waals surface area contributed by atoms with Gasteiger partial charge in [-0.15, -0.1) is 0 Å². The smallest absolute Gasteiger partial charge is 0.281 e. The van der Waals surface area contributed by atoms with Crippen LogP contribution in [0.5, 0.6) is 11.5 Å². The van der Waals surface area contributed by atoms with Crippen molar-refractivity contribution in [3.8, 4) is 11.5 Å². The molecule has 2 N–H and O–H groups in total. The molecular formula is C26H32N6O5. The van der Waals surface area contributed by atoms with Gasteiger partial charge in [0.15, 0.2) is 11.5 Å². The van der Waals surface area contributed by atoms with Gasteiger partial charge in [-0.3, -0.25) is 19.2 Å². The Morgan fingerprint density at radius 2 is 2.11 bits per heavy atom. The first kappa shape index (κ1) is 25.1. The topological polar surface area (TPSA) is 123 Å². The average molecular weight is 509 g/mol. The van der Waals surface area contributed by atoms with Crippen molar-refractivity contribution in [3.63, 3.8) is 0 Å². The van der Waals surface area contributed by atoms with Gasteiger partial charge in [-0.1, -0.05) is 0 Å². The first-order valence-electron chi connectivity index (χ1n) is 12.5. The van der Waals surface area contributed by atoms with Crippen LogP contribution < -0.4 is 20.4 Å². The fraction of sp³-hybridized carbons (Fsp3) is 0.462. The van der Waals surface area contributed by atoms with E-state index >= 15 is 0 Å². The number of anilines is 1. The van der Waals surface area contributed by atoms with Crippen LogP contribution in [0, 0.1) is 0 Å². The predicted octanol–water partition coefficient (Wildman–Crippen LogP) is 1.46. The number of aliphatic hydroxyl groups excluding tert-OH is 1. The second-order valence-corrected chi connectivity index (χ2v) is 9.43. The van der Waals surface area contributed by atoms with E-state index in [9.17, 15) is 9.90 Å². The minimum absolute atomic E-state index is 0.0939. The van der Waals surface area contributed by atoms with Crippen molar-refractivity contribution in [3.05, 3.63) is 47.8 Å². The molecule has 1 amide bonds. The largest absolute Gasteiger partial charge is 0.491 e. The van der Waals surface area contributed by atoms with Crippen molar-refractivity contribution >= 4 is 22.6 Å². The van der Waals surface area contributed by atoms with Crippen LogP contribution in [0.4, 0.5) is 5.82 Å². The number of fused-ring (bicyclic) bond motifs is 3. The normalized spacial score (nSPS) is 20.9. The lowest BCUT2D eigenvalue weighted by atomic mass is 10.2. The van der Waals surface area contributed by atoms with Gasteiger partial charge in [-0.05, 0) is 38.1 Å². The monoisotopic (exact) mass is 508 g/mol. The molecule has 196 valence electrons. The number of pyridine rings is 1. The highest BCUT2D eigenvalue weighted by molar-refractivity contribution is 5.96. The molecule has 0 spiro atoms.